The summed E-state index contributed by atoms with van der Waals surface area (Å²) in [6.07, 6.45) is 0.269. The van der Waals surface area contributed by atoms with Gasteiger partial charge in [0.1, 0.15) is 11.6 Å². The van der Waals surface area contributed by atoms with Crippen molar-refractivity contribution in [1.29, 1.82) is 0 Å². The van der Waals surface area contributed by atoms with Crippen molar-refractivity contribution in [1.82, 2.24) is 14.8 Å². The minimum Gasteiger partial charge on any atom is -0.494 e. The van der Waals surface area contributed by atoms with Crippen LogP contribution in [-0.4, -0.2) is 27.3 Å². The van der Waals surface area contributed by atoms with Gasteiger partial charge in [-0.05, 0) is 54.7 Å². The van der Waals surface area contributed by atoms with Crippen molar-refractivity contribution in [2.45, 2.75) is 46.5 Å². The average molecular weight is 449 g/mol. The van der Waals surface area contributed by atoms with Crippen LogP contribution in [0.3, 0.4) is 0 Å². The van der Waals surface area contributed by atoms with Crippen LogP contribution < -0.4 is 10.1 Å². The molecule has 0 aliphatic carbocycles. The van der Waals surface area contributed by atoms with Gasteiger partial charge in [-0.1, -0.05) is 50.3 Å². The molecule has 0 aliphatic rings. The second-order valence-corrected chi connectivity index (χ2v) is 9.82. The maximum absolute atomic E-state index is 12.7. The van der Waals surface area contributed by atoms with E-state index >= 15 is 0 Å². The number of fused-ring (bicyclic) bond motifs is 1. The maximum atomic E-state index is 12.7. The largest absolute Gasteiger partial charge is 0.494 e. The monoisotopic (exact) mass is 448 g/mol. The second kappa shape index (κ2) is 8.74. The Bertz CT molecular complexity index is 1250. The molecule has 0 spiro atoms. The Labute approximate surface area is 192 Å². The molecule has 7 heteroatoms. The molecule has 0 radical (unpaired) electrons. The standard InChI is InChI=1S/C25H28N4O2S/c1-6-31-19-10-7-17(8-11-19)14-23(30)27-22-13-16(2)28-29(22)24-26-20-12-9-18(25(3,4)5)15-21(20)32-24/h7-13,15H,6,14H2,1-5H3,(H,27,30). The Hall–Kier alpha value is -3.19. The summed E-state index contributed by atoms with van der Waals surface area (Å²) < 4.78 is 8.28. The fraction of sp³-hybridized carbons (Fsp3) is 0.320. The number of benzene rings is 2. The third kappa shape index (κ3) is 4.83. The van der Waals surface area contributed by atoms with Gasteiger partial charge in [-0.3, -0.25) is 4.79 Å². The van der Waals surface area contributed by atoms with Gasteiger partial charge in [-0.2, -0.15) is 9.78 Å². The van der Waals surface area contributed by atoms with Crippen LogP contribution in [0, 0.1) is 6.92 Å². The Kier molecular flexibility index (Phi) is 6.02. The normalized spacial score (nSPS) is 11.7. The molecule has 4 rings (SSSR count). The van der Waals surface area contributed by atoms with Gasteiger partial charge < -0.3 is 10.1 Å². The molecule has 2 aromatic carbocycles. The number of hydrogen-bond acceptors (Lipinski definition) is 5. The van der Waals surface area contributed by atoms with E-state index in [1.54, 1.807) is 16.0 Å². The summed E-state index contributed by atoms with van der Waals surface area (Å²) >= 11 is 1.57. The smallest absolute Gasteiger partial charge is 0.229 e. The molecule has 2 aromatic heterocycles. The van der Waals surface area contributed by atoms with Gasteiger partial charge in [-0.15, -0.1) is 0 Å². The number of carbonyl (C=O) groups excluding carboxylic acids is 1. The number of thiazole rings is 1. The predicted octanol–water partition coefficient (Wildman–Crippen LogP) is 5.67. The lowest BCUT2D eigenvalue weighted by Gasteiger charge is -2.18. The van der Waals surface area contributed by atoms with E-state index in [1.165, 1.54) is 5.56 Å². The first-order valence-corrected chi connectivity index (χ1v) is 11.5. The van der Waals surface area contributed by atoms with Crippen LogP contribution in [0.4, 0.5) is 5.82 Å². The van der Waals surface area contributed by atoms with Crippen molar-refractivity contribution in [3.05, 3.63) is 65.4 Å². The highest BCUT2D eigenvalue weighted by atomic mass is 32.1. The fourth-order valence-electron chi connectivity index (χ4n) is 3.45. The molecule has 0 bridgehead atoms. The summed E-state index contributed by atoms with van der Waals surface area (Å²) in [5.41, 5.74) is 4.00. The number of aromatic nitrogens is 3. The summed E-state index contributed by atoms with van der Waals surface area (Å²) in [5.74, 6) is 1.32. The minimum atomic E-state index is -0.105. The molecule has 4 aromatic rings. The molecule has 32 heavy (non-hydrogen) atoms. The van der Waals surface area contributed by atoms with Gasteiger partial charge in [0.2, 0.25) is 11.0 Å². The van der Waals surface area contributed by atoms with E-state index in [0.717, 1.165) is 32.4 Å². The van der Waals surface area contributed by atoms with Gasteiger partial charge in [-0.25, -0.2) is 4.98 Å². The van der Waals surface area contributed by atoms with E-state index < -0.39 is 0 Å². The van der Waals surface area contributed by atoms with Crippen molar-refractivity contribution < 1.29 is 9.53 Å². The van der Waals surface area contributed by atoms with Crippen LogP contribution in [0.5, 0.6) is 5.75 Å². The van der Waals surface area contributed by atoms with Crippen molar-refractivity contribution in [3.63, 3.8) is 0 Å². The van der Waals surface area contributed by atoms with Crippen LogP contribution in [0.25, 0.3) is 15.3 Å². The molecule has 0 saturated carbocycles. The highest BCUT2D eigenvalue weighted by Gasteiger charge is 2.18. The van der Waals surface area contributed by atoms with Crippen LogP contribution >= 0.6 is 11.3 Å². The Morgan fingerprint density at radius 2 is 1.88 bits per heavy atom. The number of ether oxygens (including phenoxy) is 1. The van der Waals surface area contributed by atoms with Crippen LogP contribution in [-0.2, 0) is 16.6 Å². The molecule has 0 atom stereocenters. The third-order valence-corrected chi connectivity index (χ3v) is 6.12. The van der Waals surface area contributed by atoms with Crippen molar-refractivity contribution in [3.8, 4) is 10.9 Å². The quantitative estimate of drug-likeness (QED) is 0.413. The Morgan fingerprint density at radius 3 is 2.56 bits per heavy atom. The molecule has 0 saturated heterocycles. The van der Waals surface area contributed by atoms with E-state index in [1.807, 2.05) is 44.2 Å². The fourth-order valence-corrected chi connectivity index (χ4v) is 4.42. The Balaban J connectivity index is 1.55. The number of rotatable bonds is 6. The summed E-state index contributed by atoms with van der Waals surface area (Å²) in [4.78, 5) is 17.5. The number of nitrogens with one attached hydrogen (secondary N) is 1. The number of anilines is 1. The highest BCUT2D eigenvalue weighted by molar-refractivity contribution is 7.20. The minimum absolute atomic E-state index is 0.0701. The molecule has 1 amide bonds. The molecule has 166 valence electrons. The summed E-state index contributed by atoms with van der Waals surface area (Å²) in [7, 11) is 0. The summed E-state index contributed by atoms with van der Waals surface area (Å²) in [6.45, 7) is 11.1. The van der Waals surface area contributed by atoms with E-state index in [-0.39, 0.29) is 17.7 Å². The lowest BCUT2D eigenvalue weighted by atomic mass is 9.87. The van der Waals surface area contributed by atoms with E-state index in [4.69, 9.17) is 9.72 Å². The van der Waals surface area contributed by atoms with Crippen molar-refractivity contribution >= 4 is 33.3 Å². The van der Waals surface area contributed by atoms with Crippen LogP contribution in [0.15, 0.2) is 48.5 Å². The molecule has 0 fully saturated rings. The number of carbonyl (C=O) groups is 1. The van der Waals surface area contributed by atoms with Crippen molar-refractivity contribution in [2.75, 3.05) is 11.9 Å². The molecule has 0 unspecified atom stereocenters. The average Bonchev–Trinajstić information content (AvgIpc) is 3.31. The first-order chi connectivity index (χ1) is 15.2. The highest BCUT2D eigenvalue weighted by Crippen LogP contribution is 2.31. The van der Waals surface area contributed by atoms with Crippen LogP contribution in [0.1, 0.15) is 44.5 Å². The molecular weight excluding hydrogens is 420 g/mol. The zero-order valence-electron chi connectivity index (χ0n) is 19.1. The number of hydrogen-bond donors (Lipinski definition) is 1. The molecular formula is C25H28N4O2S. The van der Waals surface area contributed by atoms with Gasteiger partial charge in [0.15, 0.2) is 0 Å². The number of nitrogens with zero attached hydrogens (tertiary/aromatic N) is 3. The first kappa shape index (κ1) is 22.0. The zero-order chi connectivity index (χ0) is 22.9. The van der Waals surface area contributed by atoms with Gasteiger partial charge in [0.25, 0.3) is 0 Å². The number of aryl methyl sites for hydroxylation is 1. The molecule has 2 heterocycles. The first-order valence-electron chi connectivity index (χ1n) is 10.7. The van der Waals surface area contributed by atoms with E-state index in [0.29, 0.717) is 12.4 Å². The summed E-state index contributed by atoms with van der Waals surface area (Å²) in [6, 6.07) is 15.8. The molecule has 6 nitrogen and oxygen atoms in total. The van der Waals surface area contributed by atoms with E-state index in [9.17, 15) is 4.79 Å². The lowest BCUT2D eigenvalue weighted by molar-refractivity contribution is -0.115. The topological polar surface area (TPSA) is 69.0 Å². The maximum Gasteiger partial charge on any atom is 0.229 e. The third-order valence-electron chi connectivity index (χ3n) is 5.12. The lowest BCUT2D eigenvalue weighted by Crippen LogP contribution is -2.17. The van der Waals surface area contributed by atoms with Crippen LogP contribution in [0.2, 0.25) is 0 Å². The molecule has 1 N–H and O–H groups in total. The van der Waals surface area contributed by atoms with E-state index in [2.05, 4.69) is 49.4 Å². The van der Waals surface area contributed by atoms with Gasteiger partial charge in [0.05, 0.1) is 28.9 Å². The molecule has 0 aliphatic heterocycles. The predicted molar refractivity (Wildman–Crippen MR) is 130 cm³/mol. The van der Waals surface area contributed by atoms with Crippen molar-refractivity contribution in [2.24, 2.45) is 0 Å². The summed E-state index contributed by atoms with van der Waals surface area (Å²) in [5, 5.41) is 8.30. The SMILES string of the molecule is CCOc1ccc(CC(=O)Nc2cc(C)nn2-c2nc3ccc(C(C)(C)C)cc3s2)cc1. The van der Waals surface area contributed by atoms with Gasteiger partial charge >= 0.3 is 0 Å². The Morgan fingerprint density at radius 1 is 1.12 bits per heavy atom. The number of amides is 1. The zero-order valence-corrected chi connectivity index (χ0v) is 19.9. The van der Waals surface area contributed by atoms with Gasteiger partial charge in [0, 0.05) is 6.07 Å². The second-order valence-electron chi connectivity index (χ2n) is 8.81.